The molecule has 12 nitrogen and oxygen atoms in total. The number of phenolic OH excluding ortho intramolecular Hbond substituents is 2. The van der Waals surface area contributed by atoms with E-state index in [1.165, 1.54) is 19.2 Å². The van der Waals surface area contributed by atoms with Gasteiger partial charge in [0.1, 0.15) is 29.0 Å². The number of phenols is 2. The molecule has 2 aliphatic heterocycles. The fraction of sp³-hybridized carbons (Fsp3) is 0.545. The number of carbonyl (C=O) groups is 3. The van der Waals surface area contributed by atoms with E-state index in [0.29, 0.717) is 6.61 Å². The highest BCUT2D eigenvalue weighted by atomic mass is 16.7. The van der Waals surface area contributed by atoms with Crippen LogP contribution in [0.2, 0.25) is 0 Å². The van der Waals surface area contributed by atoms with E-state index < -0.39 is 82.6 Å². The molecule has 2 aliphatic carbocycles. The summed E-state index contributed by atoms with van der Waals surface area (Å²) in [4.78, 5) is 40.6. The third kappa shape index (κ3) is 5.33. The molecule has 0 amide bonds. The second-order valence-electron chi connectivity index (χ2n) is 12.3. The monoisotopic (exact) mass is 625 g/mol. The fourth-order valence-corrected chi connectivity index (χ4v) is 7.13. The Morgan fingerprint density at radius 1 is 1.07 bits per heavy atom. The second-order valence-corrected chi connectivity index (χ2v) is 12.3. The van der Waals surface area contributed by atoms with E-state index in [0.717, 1.165) is 19.3 Å². The summed E-state index contributed by atoms with van der Waals surface area (Å²) < 4.78 is 29.7. The molecule has 5 N–H and O–H groups in total. The molecule has 0 saturated carbocycles. The summed E-state index contributed by atoms with van der Waals surface area (Å²) in [6.45, 7) is 4.01. The standard InChI is InChI=1S/C33H39NO11/c1-4-21(35)33(40)13-17-25(20(14-33)44-23-12-18(34)32(15(2)43-23)45-22-10-5-6-11-42-22)31(39)27-26(29(17)37)28(36)16-8-7-9-19(41-3)24(16)30(27)38/h7-9,15,18,20,22-23,32,37,39-40H,4-6,10-14,34H2,1-3H3/t15-,18-,20?,22+,23-,32+,33-/m0/s1. The summed E-state index contributed by atoms with van der Waals surface area (Å²) in [7, 11) is 1.36. The lowest BCUT2D eigenvalue weighted by molar-refractivity contribution is -0.281. The van der Waals surface area contributed by atoms with Crippen LogP contribution >= 0.6 is 0 Å². The zero-order valence-corrected chi connectivity index (χ0v) is 25.5. The van der Waals surface area contributed by atoms with Gasteiger partial charge in [0, 0.05) is 55.0 Å². The molecule has 1 unspecified atom stereocenters. The number of hydrogen-bond donors (Lipinski definition) is 4. The molecule has 2 aromatic rings. The summed E-state index contributed by atoms with van der Waals surface area (Å²) in [5.74, 6) is -2.97. The van der Waals surface area contributed by atoms with Crippen molar-refractivity contribution in [2.45, 2.75) is 101 Å². The first-order valence-corrected chi connectivity index (χ1v) is 15.4. The molecular formula is C33H39NO11. The van der Waals surface area contributed by atoms with Gasteiger partial charge in [-0.2, -0.15) is 0 Å². The van der Waals surface area contributed by atoms with Gasteiger partial charge in [0.05, 0.1) is 36.0 Å². The van der Waals surface area contributed by atoms with E-state index in [1.54, 1.807) is 19.9 Å². The Bertz CT molecular complexity index is 1520. The lowest BCUT2D eigenvalue weighted by atomic mass is 9.71. The highest BCUT2D eigenvalue weighted by Crippen LogP contribution is 2.52. The molecule has 0 spiro atoms. The zero-order valence-electron chi connectivity index (χ0n) is 25.5. The van der Waals surface area contributed by atoms with Gasteiger partial charge in [-0.15, -0.1) is 0 Å². The van der Waals surface area contributed by atoms with Crippen molar-refractivity contribution in [3.05, 3.63) is 51.6 Å². The van der Waals surface area contributed by atoms with Crippen molar-refractivity contribution < 1.29 is 53.4 Å². The quantitative estimate of drug-likeness (QED) is 0.282. The summed E-state index contributed by atoms with van der Waals surface area (Å²) in [6.07, 6.45) is -1.35. The number of methoxy groups -OCH3 is 1. The van der Waals surface area contributed by atoms with Crippen LogP contribution in [0.3, 0.4) is 0 Å². The van der Waals surface area contributed by atoms with Gasteiger partial charge in [0.2, 0.25) is 5.78 Å². The van der Waals surface area contributed by atoms with Crippen LogP contribution in [0.5, 0.6) is 17.2 Å². The average molecular weight is 626 g/mol. The van der Waals surface area contributed by atoms with Gasteiger partial charge in [-0.25, -0.2) is 0 Å². The Morgan fingerprint density at radius 3 is 2.49 bits per heavy atom. The minimum Gasteiger partial charge on any atom is -0.507 e. The first kappa shape index (κ1) is 31.6. The van der Waals surface area contributed by atoms with Crippen LogP contribution in [0, 0.1) is 0 Å². The number of fused-ring (bicyclic) bond motifs is 3. The number of carbonyl (C=O) groups excluding carboxylic acids is 3. The number of Topliss-reactive ketones (excluding diaryl/α,β-unsaturated/α-hetero) is 1. The third-order valence-electron chi connectivity index (χ3n) is 9.39. The van der Waals surface area contributed by atoms with E-state index in [9.17, 15) is 29.7 Å². The van der Waals surface area contributed by atoms with E-state index in [2.05, 4.69) is 0 Å². The molecule has 2 aromatic carbocycles. The van der Waals surface area contributed by atoms with Crippen LogP contribution in [-0.4, -0.2) is 82.8 Å². The molecule has 12 heteroatoms. The zero-order chi connectivity index (χ0) is 32.2. The highest BCUT2D eigenvalue weighted by Gasteiger charge is 2.50. The second kappa shape index (κ2) is 12.1. The molecule has 0 aromatic heterocycles. The molecule has 2 saturated heterocycles. The Balaban J connectivity index is 1.38. The number of benzene rings is 2. The predicted octanol–water partition coefficient (Wildman–Crippen LogP) is 2.97. The molecule has 0 radical (unpaired) electrons. The molecule has 6 rings (SSSR count). The number of nitrogens with two attached hydrogens (primary N) is 1. The summed E-state index contributed by atoms with van der Waals surface area (Å²) >= 11 is 0. The number of hydrogen-bond acceptors (Lipinski definition) is 12. The predicted molar refractivity (Wildman–Crippen MR) is 157 cm³/mol. The number of ether oxygens (including phenoxy) is 5. The maximum atomic E-state index is 13.8. The van der Waals surface area contributed by atoms with Gasteiger partial charge < -0.3 is 44.7 Å². The minimum atomic E-state index is -1.99. The molecular weight excluding hydrogens is 586 g/mol. The van der Waals surface area contributed by atoms with Crippen molar-refractivity contribution in [3.8, 4) is 17.2 Å². The van der Waals surface area contributed by atoms with Gasteiger partial charge in [-0.1, -0.05) is 19.1 Å². The summed E-state index contributed by atoms with van der Waals surface area (Å²) in [5.41, 5.74) is 3.64. The summed E-state index contributed by atoms with van der Waals surface area (Å²) in [6, 6.07) is 3.98. The van der Waals surface area contributed by atoms with Crippen LogP contribution < -0.4 is 10.5 Å². The Morgan fingerprint density at radius 2 is 1.82 bits per heavy atom. The summed E-state index contributed by atoms with van der Waals surface area (Å²) in [5, 5.41) is 34.9. The molecule has 242 valence electrons. The topological polar surface area (TPSA) is 184 Å². The van der Waals surface area contributed by atoms with Crippen molar-refractivity contribution >= 4 is 17.3 Å². The first-order valence-electron chi connectivity index (χ1n) is 15.4. The van der Waals surface area contributed by atoms with Crippen LogP contribution in [0.1, 0.15) is 101 Å². The third-order valence-corrected chi connectivity index (χ3v) is 9.39. The minimum absolute atomic E-state index is 0.000938. The van der Waals surface area contributed by atoms with Gasteiger partial charge >= 0.3 is 0 Å². The number of ketones is 3. The van der Waals surface area contributed by atoms with Gasteiger partial charge in [-0.3, -0.25) is 14.4 Å². The maximum Gasteiger partial charge on any atom is 0.202 e. The largest absolute Gasteiger partial charge is 0.507 e. The SMILES string of the molecule is CCC(=O)[C@]1(O)Cc2c(O)c3c(c(O)c2C(O[C@H]2C[C@H](N)[C@H](O[C@@H]4CCCCO4)[C@H](C)O2)C1)C(=O)c1c(OC)cccc1C3=O. The number of aromatic hydroxyl groups is 2. The van der Waals surface area contributed by atoms with Crippen LogP contribution in [0.25, 0.3) is 0 Å². The highest BCUT2D eigenvalue weighted by molar-refractivity contribution is 6.31. The lowest BCUT2D eigenvalue weighted by Crippen LogP contribution is -2.55. The molecule has 0 bridgehead atoms. The van der Waals surface area contributed by atoms with E-state index in [1.807, 2.05) is 0 Å². The molecule has 2 fully saturated rings. The van der Waals surface area contributed by atoms with Gasteiger partial charge in [0.25, 0.3) is 0 Å². The first-order chi connectivity index (χ1) is 21.5. The van der Waals surface area contributed by atoms with Crippen LogP contribution in [-0.2, 0) is 30.2 Å². The Labute approximate surface area is 260 Å². The van der Waals surface area contributed by atoms with Crippen molar-refractivity contribution in [1.29, 1.82) is 0 Å². The van der Waals surface area contributed by atoms with Crippen molar-refractivity contribution in [2.75, 3.05) is 13.7 Å². The van der Waals surface area contributed by atoms with Gasteiger partial charge in [-0.05, 0) is 32.3 Å². The maximum absolute atomic E-state index is 13.8. The van der Waals surface area contributed by atoms with E-state index in [4.69, 9.17) is 29.4 Å². The van der Waals surface area contributed by atoms with E-state index in [-0.39, 0.29) is 53.6 Å². The molecule has 45 heavy (non-hydrogen) atoms. The number of rotatable bonds is 7. The lowest BCUT2D eigenvalue weighted by Gasteiger charge is -2.43. The van der Waals surface area contributed by atoms with Crippen molar-refractivity contribution in [1.82, 2.24) is 0 Å². The van der Waals surface area contributed by atoms with Crippen molar-refractivity contribution in [3.63, 3.8) is 0 Å². The molecule has 2 heterocycles. The Kier molecular flexibility index (Phi) is 8.48. The van der Waals surface area contributed by atoms with Crippen molar-refractivity contribution in [2.24, 2.45) is 5.73 Å². The van der Waals surface area contributed by atoms with Crippen LogP contribution in [0.15, 0.2) is 18.2 Å². The molecule has 7 atom stereocenters. The molecule has 4 aliphatic rings. The average Bonchev–Trinajstić information content (AvgIpc) is 3.02. The van der Waals surface area contributed by atoms with E-state index >= 15 is 0 Å². The van der Waals surface area contributed by atoms with Gasteiger partial charge in [0.15, 0.2) is 24.1 Å². The van der Waals surface area contributed by atoms with Crippen LogP contribution in [0.4, 0.5) is 0 Å². The number of aliphatic hydroxyl groups is 1. The Hall–Kier alpha value is -3.39. The fourth-order valence-electron chi connectivity index (χ4n) is 7.13. The smallest absolute Gasteiger partial charge is 0.202 e. The normalized spacial score (nSPS) is 31.1.